The lowest BCUT2D eigenvalue weighted by Gasteiger charge is -2.37. The summed E-state index contributed by atoms with van der Waals surface area (Å²) < 4.78 is 58.6. The topological polar surface area (TPSA) is 123 Å². The maximum atomic E-state index is 13.2. The Balaban J connectivity index is 1.26. The van der Waals surface area contributed by atoms with E-state index in [1.165, 1.54) is 12.1 Å². The zero-order valence-corrected chi connectivity index (χ0v) is 22.0. The molecule has 0 aliphatic carbocycles. The molecule has 2 aliphatic rings. The molecule has 39 heavy (non-hydrogen) atoms. The van der Waals surface area contributed by atoms with Crippen LogP contribution in [-0.2, 0) is 26.1 Å². The van der Waals surface area contributed by atoms with Crippen LogP contribution in [0.2, 0.25) is 0 Å². The van der Waals surface area contributed by atoms with Crippen molar-refractivity contribution in [3.05, 3.63) is 83.7 Å². The Labute approximate surface area is 226 Å². The van der Waals surface area contributed by atoms with Crippen LogP contribution in [0, 0.1) is 5.82 Å². The number of anilines is 1. The molecular formula is C28H29FN2O7S. The van der Waals surface area contributed by atoms with Crippen LogP contribution in [0.25, 0.3) is 0 Å². The highest BCUT2D eigenvalue weighted by atomic mass is 32.2. The number of nitrogens with one attached hydrogen (secondary N) is 2. The molecule has 0 aromatic heterocycles. The number of benzene rings is 3. The summed E-state index contributed by atoms with van der Waals surface area (Å²) in [6.45, 7) is 0.0672. The average Bonchev–Trinajstić information content (AvgIpc) is 3.29. The summed E-state index contributed by atoms with van der Waals surface area (Å²) in [4.78, 5) is 12.6. The van der Waals surface area contributed by atoms with Gasteiger partial charge in [-0.25, -0.2) is 12.8 Å². The van der Waals surface area contributed by atoms with E-state index < -0.39 is 34.2 Å². The van der Waals surface area contributed by atoms with Gasteiger partial charge >= 0.3 is 0 Å². The Hall–Kier alpha value is -3.67. The van der Waals surface area contributed by atoms with Crippen LogP contribution in [0.5, 0.6) is 11.5 Å². The van der Waals surface area contributed by atoms with Crippen LogP contribution in [0.4, 0.5) is 10.1 Å². The number of hydrogen-bond acceptors (Lipinski definition) is 7. The zero-order valence-electron chi connectivity index (χ0n) is 21.2. The number of methoxy groups -OCH3 is 1. The van der Waals surface area contributed by atoms with Gasteiger partial charge in [0.2, 0.25) is 5.91 Å². The van der Waals surface area contributed by atoms with Crippen LogP contribution >= 0.6 is 0 Å². The van der Waals surface area contributed by atoms with Gasteiger partial charge in [0.05, 0.1) is 31.1 Å². The van der Waals surface area contributed by atoms with Gasteiger partial charge in [0.15, 0.2) is 0 Å². The summed E-state index contributed by atoms with van der Waals surface area (Å²) >= 11 is 0. The fourth-order valence-corrected chi connectivity index (χ4v) is 6.05. The van der Waals surface area contributed by atoms with Crippen molar-refractivity contribution >= 4 is 21.6 Å². The highest BCUT2D eigenvalue weighted by Gasteiger charge is 2.46. The number of rotatable bonds is 9. The van der Waals surface area contributed by atoms with E-state index in [0.29, 0.717) is 24.4 Å². The first-order valence-electron chi connectivity index (χ1n) is 12.5. The largest absolute Gasteiger partial charge is 0.497 e. The van der Waals surface area contributed by atoms with E-state index in [1.807, 2.05) is 24.3 Å². The van der Waals surface area contributed by atoms with E-state index in [4.69, 9.17) is 14.2 Å². The van der Waals surface area contributed by atoms with E-state index in [1.54, 1.807) is 25.3 Å². The molecule has 0 bridgehead atoms. The van der Waals surface area contributed by atoms with Crippen LogP contribution in [0.15, 0.2) is 71.6 Å². The van der Waals surface area contributed by atoms with Crippen LogP contribution < -0.4 is 19.5 Å². The predicted molar refractivity (Wildman–Crippen MR) is 141 cm³/mol. The van der Waals surface area contributed by atoms with Gasteiger partial charge in [0.25, 0.3) is 10.0 Å². The number of carbonyl (C=O) groups excluding carboxylic acids is 1. The lowest BCUT2D eigenvalue weighted by atomic mass is 9.84. The van der Waals surface area contributed by atoms with Crippen molar-refractivity contribution < 1.29 is 36.9 Å². The van der Waals surface area contributed by atoms with E-state index in [0.717, 1.165) is 29.0 Å². The van der Waals surface area contributed by atoms with Crippen molar-refractivity contribution in [3.8, 4) is 11.5 Å². The maximum absolute atomic E-state index is 13.2. The van der Waals surface area contributed by atoms with E-state index >= 15 is 0 Å². The lowest BCUT2D eigenvalue weighted by molar-refractivity contribution is -0.142. The van der Waals surface area contributed by atoms with Crippen molar-refractivity contribution in [2.24, 2.45) is 0 Å². The van der Waals surface area contributed by atoms with Gasteiger partial charge in [-0.1, -0.05) is 12.1 Å². The standard InChI is InChI=1S/C28H29FN2O7S/c1-36-20-7-2-17(3-8-20)15-30-27(33)14-21-13-24-23-12-19(6-11-25(23)38-28(24)26(16-32)37-21)31-39(34,35)22-9-4-18(29)5-10-22/h2-12,21,24,26,28,31-32H,13-16H2,1H3,(H,30,33)/t21-,24+,26-,28-/m1/s1. The molecule has 11 heteroatoms. The van der Waals surface area contributed by atoms with Crippen molar-refractivity contribution in [1.29, 1.82) is 0 Å². The van der Waals surface area contributed by atoms with Gasteiger partial charge in [-0.15, -0.1) is 0 Å². The smallest absolute Gasteiger partial charge is 0.261 e. The van der Waals surface area contributed by atoms with Crippen LogP contribution in [0.1, 0.15) is 29.9 Å². The van der Waals surface area contributed by atoms with Gasteiger partial charge < -0.3 is 24.6 Å². The third-order valence-corrected chi connectivity index (χ3v) is 8.33. The number of carbonyl (C=O) groups is 1. The minimum absolute atomic E-state index is 0.0642. The molecule has 0 spiro atoms. The zero-order chi connectivity index (χ0) is 27.6. The number of aliphatic hydroxyl groups excluding tert-OH is 1. The third kappa shape index (κ3) is 6.00. The molecule has 9 nitrogen and oxygen atoms in total. The summed E-state index contributed by atoms with van der Waals surface area (Å²) in [6, 6.07) is 16.9. The van der Waals surface area contributed by atoms with Crippen molar-refractivity contribution in [2.75, 3.05) is 18.4 Å². The molecule has 2 heterocycles. The molecule has 0 saturated carbocycles. The second-order valence-corrected chi connectivity index (χ2v) is 11.2. The molecule has 0 unspecified atom stereocenters. The molecule has 4 atom stereocenters. The summed E-state index contributed by atoms with van der Waals surface area (Å²) in [5, 5.41) is 12.9. The SMILES string of the molecule is COc1ccc(CNC(=O)C[C@H]2C[C@H]3c4cc(NS(=O)(=O)c5ccc(F)cc5)ccc4O[C@H]3[C@@H](CO)O2)cc1. The number of amides is 1. The second kappa shape index (κ2) is 11.2. The number of hydrogen-bond donors (Lipinski definition) is 3. The molecular weight excluding hydrogens is 527 g/mol. The molecule has 3 aromatic rings. The minimum Gasteiger partial charge on any atom is -0.497 e. The third-order valence-electron chi connectivity index (χ3n) is 6.94. The fourth-order valence-electron chi connectivity index (χ4n) is 5.00. The lowest BCUT2D eigenvalue weighted by Crippen LogP contribution is -2.47. The van der Waals surface area contributed by atoms with Gasteiger partial charge in [-0.3, -0.25) is 9.52 Å². The van der Waals surface area contributed by atoms with Crippen LogP contribution in [0.3, 0.4) is 0 Å². The average molecular weight is 557 g/mol. The molecule has 3 aromatic carbocycles. The number of aliphatic hydroxyl groups is 1. The van der Waals surface area contributed by atoms with Crippen molar-refractivity contribution in [1.82, 2.24) is 5.32 Å². The Morgan fingerprint density at radius 3 is 2.54 bits per heavy atom. The normalized spacial score (nSPS) is 21.8. The fraction of sp³-hybridized carbons (Fsp3) is 0.321. The summed E-state index contributed by atoms with van der Waals surface area (Å²) in [5.74, 6) is 0.375. The van der Waals surface area contributed by atoms with Gasteiger partial charge in [0, 0.05) is 23.7 Å². The van der Waals surface area contributed by atoms with Crippen LogP contribution in [-0.4, -0.2) is 51.5 Å². The number of halogens is 1. The summed E-state index contributed by atoms with van der Waals surface area (Å²) in [5.41, 5.74) is 2.02. The first-order chi connectivity index (χ1) is 18.8. The van der Waals surface area contributed by atoms with E-state index in [2.05, 4.69) is 10.0 Å². The Morgan fingerprint density at radius 2 is 1.85 bits per heavy atom. The van der Waals surface area contributed by atoms with Gasteiger partial charge in [0.1, 0.15) is 29.5 Å². The number of sulfonamides is 1. The molecule has 206 valence electrons. The molecule has 1 amide bonds. The second-order valence-electron chi connectivity index (χ2n) is 9.54. The summed E-state index contributed by atoms with van der Waals surface area (Å²) in [7, 11) is -2.34. The first-order valence-corrected chi connectivity index (χ1v) is 14.0. The molecule has 1 saturated heterocycles. The first kappa shape index (κ1) is 26.9. The number of fused-ring (bicyclic) bond motifs is 3. The molecule has 3 N–H and O–H groups in total. The quantitative estimate of drug-likeness (QED) is 0.370. The Bertz CT molecular complexity index is 1430. The summed E-state index contributed by atoms with van der Waals surface area (Å²) in [6.07, 6.45) is -1.02. The minimum atomic E-state index is -3.93. The van der Waals surface area contributed by atoms with E-state index in [-0.39, 0.29) is 29.7 Å². The Morgan fingerprint density at radius 1 is 1.10 bits per heavy atom. The van der Waals surface area contributed by atoms with Gasteiger partial charge in [-0.2, -0.15) is 0 Å². The number of ether oxygens (including phenoxy) is 3. The monoisotopic (exact) mass is 556 g/mol. The van der Waals surface area contributed by atoms with Crippen molar-refractivity contribution in [2.45, 2.75) is 48.5 Å². The molecule has 5 rings (SSSR count). The Kier molecular flexibility index (Phi) is 7.74. The van der Waals surface area contributed by atoms with Gasteiger partial charge in [-0.05, 0) is 66.6 Å². The van der Waals surface area contributed by atoms with E-state index in [9.17, 15) is 22.7 Å². The maximum Gasteiger partial charge on any atom is 0.261 e. The highest BCUT2D eigenvalue weighted by molar-refractivity contribution is 7.92. The van der Waals surface area contributed by atoms with Crippen molar-refractivity contribution in [3.63, 3.8) is 0 Å². The molecule has 2 aliphatic heterocycles. The predicted octanol–water partition coefficient (Wildman–Crippen LogP) is 3.34. The molecule has 1 fully saturated rings. The highest BCUT2D eigenvalue weighted by Crippen LogP contribution is 2.47. The molecule has 0 radical (unpaired) electrons.